The average molecular weight is 374 g/mol. The number of nitrogens with zero attached hydrogens (tertiary/aromatic N) is 4. The maximum atomic E-state index is 12.5. The van der Waals surface area contributed by atoms with Gasteiger partial charge in [-0.05, 0) is 38.2 Å². The summed E-state index contributed by atoms with van der Waals surface area (Å²) in [5, 5.41) is 2.75. The molecular formula is C18H22N4O3S. The molecule has 0 aromatic carbocycles. The van der Waals surface area contributed by atoms with Crippen LogP contribution in [0.3, 0.4) is 0 Å². The Balaban J connectivity index is 1.26. The molecule has 138 valence electrons. The van der Waals surface area contributed by atoms with Crippen molar-refractivity contribution < 1.29 is 14.3 Å². The van der Waals surface area contributed by atoms with Gasteiger partial charge in [0.1, 0.15) is 11.3 Å². The third-order valence-electron chi connectivity index (χ3n) is 4.98. The van der Waals surface area contributed by atoms with Crippen LogP contribution < -0.4 is 4.74 Å². The quantitative estimate of drug-likeness (QED) is 0.799. The van der Waals surface area contributed by atoms with Gasteiger partial charge in [-0.1, -0.05) is 0 Å². The molecule has 2 fully saturated rings. The minimum Gasteiger partial charge on any atom is -0.463 e. The second-order valence-corrected chi connectivity index (χ2v) is 8.03. The summed E-state index contributed by atoms with van der Waals surface area (Å²) >= 11 is 1.51. The number of thiazole rings is 1. The summed E-state index contributed by atoms with van der Waals surface area (Å²) in [5.74, 6) is 0.543. The molecular weight excluding hydrogens is 352 g/mol. The van der Waals surface area contributed by atoms with E-state index in [1.165, 1.54) is 11.3 Å². The van der Waals surface area contributed by atoms with E-state index in [4.69, 9.17) is 9.47 Å². The Kier molecular flexibility index (Phi) is 4.86. The molecule has 7 nitrogen and oxygen atoms in total. The fourth-order valence-electron chi connectivity index (χ4n) is 3.69. The highest BCUT2D eigenvalue weighted by Gasteiger charge is 2.49. The van der Waals surface area contributed by atoms with E-state index in [-0.39, 0.29) is 11.5 Å². The number of carbonyl (C=O) groups excluding carboxylic acids is 1. The Morgan fingerprint density at radius 2 is 2.23 bits per heavy atom. The van der Waals surface area contributed by atoms with Gasteiger partial charge in [0.15, 0.2) is 0 Å². The summed E-state index contributed by atoms with van der Waals surface area (Å²) in [7, 11) is 0. The molecule has 1 spiro atoms. The van der Waals surface area contributed by atoms with Gasteiger partial charge in [-0.2, -0.15) is 0 Å². The molecule has 0 unspecified atom stereocenters. The Morgan fingerprint density at radius 3 is 2.96 bits per heavy atom. The van der Waals surface area contributed by atoms with Crippen molar-refractivity contribution in [1.82, 2.24) is 19.9 Å². The first-order valence-corrected chi connectivity index (χ1v) is 9.77. The first kappa shape index (κ1) is 17.4. The number of hydrogen-bond acceptors (Lipinski definition) is 7. The lowest BCUT2D eigenvalue weighted by molar-refractivity contribution is -0.166. The molecule has 2 saturated heterocycles. The SMILES string of the molecule is Cc1nc(C(=O)N2CC3(C[C@H](CCOc4ncccn4)CCO3)C2)cs1. The Bertz CT molecular complexity index is 761. The minimum atomic E-state index is -0.188. The number of carbonyl (C=O) groups is 1. The Labute approximate surface area is 156 Å². The average Bonchev–Trinajstić information content (AvgIpc) is 3.07. The van der Waals surface area contributed by atoms with E-state index < -0.39 is 0 Å². The number of likely N-dealkylation sites (tertiary alicyclic amines) is 1. The van der Waals surface area contributed by atoms with Crippen molar-refractivity contribution in [3.63, 3.8) is 0 Å². The lowest BCUT2D eigenvalue weighted by Crippen LogP contribution is -2.66. The number of aryl methyl sites for hydroxylation is 1. The molecule has 1 amide bonds. The van der Waals surface area contributed by atoms with Crippen molar-refractivity contribution in [1.29, 1.82) is 0 Å². The second-order valence-electron chi connectivity index (χ2n) is 6.97. The molecule has 0 N–H and O–H groups in total. The molecule has 8 heteroatoms. The van der Waals surface area contributed by atoms with Crippen molar-refractivity contribution in [3.05, 3.63) is 34.5 Å². The first-order valence-electron chi connectivity index (χ1n) is 8.89. The number of amides is 1. The largest absolute Gasteiger partial charge is 0.463 e. The van der Waals surface area contributed by atoms with Crippen molar-refractivity contribution in [2.24, 2.45) is 5.92 Å². The van der Waals surface area contributed by atoms with Crippen molar-refractivity contribution in [2.45, 2.75) is 31.8 Å². The summed E-state index contributed by atoms with van der Waals surface area (Å²) in [5.41, 5.74) is 0.360. The molecule has 2 aromatic heterocycles. The van der Waals surface area contributed by atoms with Gasteiger partial charge in [0.25, 0.3) is 5.91 Å². The van der Waals surface area contributed by atoms with Gasteiger partial charge in [0.2, 0.25) is 0 Å². The van der Waals surface area contributed by atoms with Crippen LogP contribution in [0.5, 0.6) is 6.01 Å². The van der Waals surface area contributed by atoms with Crippen LogP contribution in [0.25, 0.3) is 0 Å². The summed E-state index contributed by atoms with van der Waals surface area (Å²) in [6, 6.07) is 2.19. The number of hydrogen-bond donors (Lipinski definition) is 0. The maximum Gasteiger partial charge on any atom is 0.316 e. The zero-order chi connectivity index (χ0) is 18.0. The fraction of sp³-hybridized carbons (Fsp3) is 0.556. The number of rotatable bonds is 5. The van der Waals surface area contributed by atoms with Crippen LogP contribution in [0.4, 0.5) is 0 Å². The Morgan fingerprint density at radius 1 is 1.42 bits per heavy atom. The van der Waals surface area contributed by atoms with Crippen LogP contribution in [-0.2, 0) is 4.74 Å². The van der Waals surface area contributed by atoms with Crippen LogP contribution in [-0.4, -0.2) is 57.7 Å². The van der Waals surface area contributed by atoms with Gasteiger partial charge in [-0.3, -0.25) is 4.79 Å². The molecule has 0 radical (unpaired) electrons. The topological polar surface area (TPSA) is 77.4 Å². The van der Waals surface area contributed by atoms with Crippen LogP contribution in [0, 0.1) is 12.8 Å². The molecule has 0 bridgehead atoms. The first-order chi connectivity index (χ1) is 12.6. The third-order valence-corrected chi connectivity index (χ3v) is 5.75. The number of aromatic nitrogens is 3. The zero-order valence-corrected chi connectivity index (χ0v) is 15.6. The van der Waals surface area contributed by atoms with Crippen molar-refractivity contribution >= 4 is 17.2 Å². The summed E-state index contributed by atoms with van der Waals surface area (Å²) in [4.78, 5) is 26.7. The lowest BCUT2D eigenvalue weighted by Gasteiger charge is -2.53. The van der Waals surface area contributed by atoms with E-state index >= 15 is 0 Å². The second kappa shape index (κ2) is 7.28. The van der Waals surface area contributed by atoms with Crippen LogP contribution in [0.15, 0.2) is 23.8 Å². The molecule has 0 saturated carbocycles. The van der Waals surface area contributed by atoms with E-state index in [0.29, 0.717) is 37.3 Å². The fourth-order valence-corrected chi connectivity index (χ4v) is 4.28. The van der Waals surface area contributed by atoms with E-state index in [1.54, 1.807) is 18.5 Å². The van der Waals surface area contributed by atoms with Gasteiger partial charge in [0, 0.05) is 24.4 Å². The minimum absolute atomic E-state index is 0.00950. The zero-order valence-electron chi connectivity index (χ0n) is 14.8. The molecule has 1 atom stereocenters. The molecule has 0 aliphatic carbocycles. The third kappa shape index (κ3) is 3.71. The molecule has 2 aliphatic heterocycles. The maximum absolute atomic E-state index is 12.5. The summed E-state index contributed by atoms with van der Waals surface area (Å²) in [6.07, 6.45) is 6.29. The van der Waals surface area contributed by atoms with Crippen molar-refractivity contribution in [3.8, 4) is 6.01 Å². The van der Waals surface area contributed by atoms with Gasteiger partial charge in [-0.15, -0.1) is 11.3 Å². The normalized spacial score (nSPS) is 21.4. The highest BCUT2D eigenvalue weighted by molar-refractivity contribution is 7.09. The molecule has 4 heterocycles. The van der Waals surface area contributed by atoms with Gasteiger partial charge < -0.3 is 14.4 Å². The lowest BCUT2D eigenvalue weighted by atomic mass is 9.79. The molecule has 4 rings (SSSR count). The monoisotopic (exact) mass is 374 g/mol. The smallest absolute Gasteiger partial charge is 0.316 e. The Hall–Kier alpha value is -2.06. The van der Waals surface area contributed by atoms with Crippen LogP contribution in [0.1, 0.15) is 34.8 Å². The summed E-state index contributed by atoms with van der Waals surface area (Å²) in [6.45, 7) is 4.56. The number of ether oxygens (including phenoxy) is 2. The van der Waals surface area contributed by atoms with Gasteiger partial charge in [-0.25, -0.2) is 15.0 Å². The summed E-state index contributed by atoms with van der Waals surface area (Å²) < 4.78 is 11.7. The highest BCUT2D eigenvalue weighted by atomic mass is 32.1. The van der Waals surface area contributed by atoms with Gasteiger partial charge >= 0.3 is 6.01 Å². The van der Waals surface area contributed by atoms with E-state index in [2.05, 4.69) is 15.0 Å². The molecule has 2 aliphatic rings. The van der Waals surface area contributed by atoms with Crippen molar-refractivity contribution in [2.75, 3.05) is 26.3 Å². The standard InChI is InChI=1S/C18H22N4O3S/c1-13-21-15(10-26-13)16(23)22-11-18(12-22)9-14(4-8-25-18)3-7-24-17-19-5-2-6-20-17/h2,5-6,10,14H,3-4,7-9,11-12H2,1H3/t14-/m1/s1. The predicted octanol–water partition coefficient (Wildman–Crippen LogP) is 2.33. The van der Waals surface area contributed by atoms with Crippen LogP contribution in [0.2, 0.25) is 0 Å². The molecule has 2 aromatic rings. The van der Waals surface area contributed by atoms with E-state index in [1.807, 2.05) is 17.2 Å². The van der Waals surface area contributed by atoms with E-state index in [0.717, 1.165) is 30.9 Å². The van der Waals surface area contributed by atoms with Gasteiger partial charge in [0.05, 0.1) is 24.7 Å². The highest BCUT2D eigenvalue weighted by Crippen LogP contribution is 2.38. The van der Waals surface area contributed by atoms with E-state index in [9.17, 15) is 4.79 Å². The predicted molar refractivity (Wildman–Crippen MR) is 96.3 cm³/mol. The van der Waals surface area contributed by atoms with Crippen LogP contribution >= 0.6 is 11.3 Å². The molecule has 26 heavy (non-hydrogen) atoms.